The van der Waals surface area contributed by atoms with Crippen LogP contribution in [-0.4, -0.2) is 19.8 Å². The van der Waals surface area contributed by atoms with E-state index in [1.807, 2.05) is 25.1 Å². The summed E-state index contributed by atoms with van der Waals surface area (Å²) >= 11 is 11.9. The second-order valence-electron chi connectivity index (χ2n) is 3.44. The number of rotatable bonds is 6. The van der Waals surface area contributed by atoms with Crippen molar-refractivity contribution >= 4 is 23.2 Å². The van der Waals surface area contributed by atoms with Crippen molar-refractivity contribution in [3.8, 4) is 0 Å². The Hall–Kier alpha value is -0.280. The van der Waals surface area contributed by atoms with Crippen LogP contribution in [0.5, 0.6) is 0 Å². The molecule has 1 rings (SSSR count). The van der Waals surface area contributed by atoms with E-state index < -0.39 is 0 Å². The highest BCUT2D eigenvalue weighted by molar-refractivity contribution is 6.42. The Kier molecular flexibility index (Phi) is 6.14. The Morgan fingerprint density at radius 2 is 2.00 bits per heavy atom. The van der Waals surface area contributed by atoms with Crippen molar-refractivity contribution in [3.63, 3.8) is 0 Å². The quantitative estimate of drug-likeness (QED) is 0.844. The Morgan fingerprint density at radius 1 is 1.25 bits per heavy atom. The summed E-state index contributed by atoms with van der Waals surface area (Å²) in [5.74, 6) is 0. The molecule has 0 saturated heterocycles. The lowest BCUT2D eigenvalue weighted by atomic mass is 10.1. The second-order valence-corrected chi connectivity index (χ2v) is 4.26. The molecule has 0 heterocycles. The van der Waals surface area contributed by atoms with Gasteiger partial charge in [-0.15, -0.1) is 0 Å². The minimum Gasteiger partial charge on any atom is -0.380 e. The highest BCUT2D eigenvalue weighted by atomic mass is 35.5. The van der Waals surface area contributed by atoms with Crippen molar-refractivity contribution in [1.29, 1.82) is 0 Å². The highest BCUT2D eigenvalue weighted by Crippen LogP contribution is 2.25. The van der Waals surface area contributed by atoms with Crippen LogP contribution >= 0.6 is 23.2 Å². The summed E-state index contributed by atoms with van der Waals surface area (Å²) in [6.07, 6.45) is 0. The normalized spacial score (nSPS) is 12.8. The Morgan fingerprint density at radius 3 is 2.56 bits per heavy atom. The molecule has 1 aromatic rings. The monoisotopic (exact) mass is 261 g/mol. The van der Waals surface area contributed by atoms with Gasteiger partial charge in [0.1, 0.15) is 0 Å². The maximum atomic E-state index is 5.99. The Balaban J connectivity index is 2.78. The largest absolute Gasteiger partial charge is 0.380 e. The topological polar surface area (TPSA) is 21.3 Å². The summed E-state index contributed by atoms with van der Waals surface area (Å²) in [5, 5.41) is 4.52. The number of benzene rings is 1. The molecule has 90 valence electrons. The number of hydrogen-bond donors (Lipinski definition) is 1. The number of nitrogens with one attached hydrogen (secondary N) is 1. The van der Waals surface area contributed by atoms with Crippen LogP contribution in [0.4, 0.5) is 0 Å². The smallest absolute Gasteiger partial charge is 0.0661 e. The molecule has 16 heavy (non-hydrogen) atoms. The molecule has 0 aromatic heterocycles. The van der Waals surface area contributed by atoms with Crippen molar-refractivity contribution in [1.82, 2.24) is 5.32 Å². The molecule has 1 atom stereocenters. The van der Waals surface area contributed by atoms with Crippen molar-refractivity contribution in [2.75, 3.05) is 19.8 Å². The van der Waals surface area contributed by atoms with Gasteiger partial charge in [0.25, 0.3) is 0 Å². The highest BCUT2D eigenvalue weighted by Gasteiger charge is 2.11. The summed E-state index contributed by atoms with van der Waals surface area (Å²) < 4.78 is 5.43. The standard InChI is InChI=1S/C12H17Cl2NO/c1-3-15-12(8-16-4-2)9-5-6-10(13)11(14)7-9/h5-7,12,15H,3-4,8H2,1-2H3. The van der Waals surface area contributed by atoms with Crippen molar-refractivity contribution < 1.29 is 4.74 Å². The van der Waals surface area contributed by atoms with Gasteiger partial charge in [0, 0.05) is 6.61 Å². The van der Waals surface area contributed by atoms with Gasteiger partial charge in [-0.05, 0) is 31.2 Å². The van der Waals surface area contributed by atoms with E-state index in [9.17, 15) is 0 Å². The molecule has 0 spiro atoms. The fourth-order valence-corrected chi connectivity index (χ4v) is 1.79. The number of ether oxygens (including phenoxy) is 1. The fraction of sp³-hybridized carbons (Fsp3) is 0.500. The van der Waals surface area contributed by atoms with Gasteiger partial charge in [0.2, 0.25) is 0 Å². The van der Waals surface area contributed by atoms with Gasteiger partial charge in [-0.25, -0.2) is 0 Å². The lowest BCUT2D eigenvalue weighted by Gasteiger charge is -2.18. The number of likely N-dealkylation sites (N-methyl/N-ethyl adjacent to an activating group) is 1. The van der Waals surface area contributed by atoms with Gasteiger partial charge in [-0.3, -0.25) is 0 Å². The maximum Gasteiger partial charge on any atom is 0.0661 e. The van der Waals surface area contributed by atoms with Gasteiger partial charge in [-0.1, -0.05) is 36.2 Å². The van der Waals surface area contributed by atoms with Crippen LogP contribution in [0.2, 0.25) is 10.0 Å². The summed E-state index contributed by atoms with van der Waals surface area (Å²) in [5.41, 5.74) is 1.10. The fourth-order valence-electron chi connectivity index (χ4n) is 1.48. The molecule has 0 aliphatic carbocycles. The predicted molar refractivity (Wildman–Crippen MR) is 69.4 cm³/mol. The average Bonchev–Trinajstić information content (AvgIpc) is 2.28. The third kappa shape index (κ3) is 3.95. The predicted octanol–water partition coefficient (Wildman–Crippen LogP) is 3.68. The van der Waals surface area contributed by atoms with E-state index in [1.165, 1.54) is 0 Å². The van der Waals surface area contributed by atoms with Crippen molar-refractivity contribution in [2.24, 2.45) is 0 Å². The first kappa shape index (κ1) is 13.8. The molecular formula is C12H17Cl2NO. The van der Waals surface area contributed by atoms with Gasteiger partial charge < -0.3 is 10.1 Å². The van der Waals surface area contributed by atoms with Crippen LogP contribution in [0.25, 0.3) is 0 Å². The number of halogens is 2. The minimum atomic E-state index is 0.166. The van der Waals surface area contributed by atoms with Gasteiger partial charge >= 0.3 is 0 Å². The van der Waals surface area contributed by atoms with E-state index in [0.717, 1.165) is 12.1 Å². The van der Waals surface area contributed by atoms with Crippen molar-refractivity contribution in [3.05, 3.63) is 33.8 Å². The second kappa shape index (κ2) is 7.13. The molecule has 0 fully saturated rings. The third-order valence-electron chi connectivity index (χ3n) is 2.29. The zero-order chi connectivity index (χ0) is 12.0. The molecule has 0 aliphatic rings. The van der Waals surface area contributed by atoms with Crippen LogP contribution < -0.4 is 5.32 Å². The molecule has 0 radical (unpaired) electrons. The van der Waals surface area contributed by atoms with E-state index in [-0.39, 0.29) is 6.04 Å². The van der Waals surface area contributed by atoms with Crippen molar-refractivity contribution in [2.45, 2.75) is 19.9 Å². The molecule has 0 aliphatic heterocycles. The summed E-state index contributed by atoms with van der Waals surface area (Å²) in [6.45, 7) is 6.29. The summed E-state index contributed by atoms with van der Waals surface area (Å²) in [6, 6.07) is 5.84. The first-order chi connectivity index (χ1) is 7.69. The van der Waals surface area contributed by atoms with Gasteiger partial charge in [-0.2, -0.15) is 0 Å². The van der Waals surface area contributed by atoms with Crippen LogP contribution in [-0.2, 0) is 4.74 Å². The molecular weight excluding hydrogens is 245 g/mol. The summed E-state index contributed by atoms with van der Waals surface area (Å²) in [7, 11) is 0. The lowest BCUT2D eigenvalue weighted by Crippen LogP contribution is -2.25. The van der Waals surface area contributed by atoms with Crippen LogP contribution in [0.15, 0.2) is 18.2 Å². The van der Waals surface area contributed by atoms with E-state index in [2.05, 4.69) is 12.2 Å². The number of hydrogen-bond acceptors (Lipinski definition) is 2. The van der Waals surface area contributed by atoms with Crippen LogP contribution in [0.1, 0.15) is 25.5 Å². The molecule has 1 N–H and O–H groups in total. The van der Waals surface area contributed by atoms with Gasteiger partial charge in [0.15, 0.2) is 0 Å². The van der Waals surface area contributed by atoms with E-state index in [1.54, 1.807) is 0 Å². The molecule has 1 aromatic carbocycles. The summed E-state index contributed by atoms with van der Waals surface area (Å²) in [4.78, 5) is 0. The average molecular weight is 262 g/mol. The molecule has 4 heteroatoms. The van der Waals surface area contributed by atoms with Crippen LogP contribution in [0.3, 0.4) is 0 Å². The van der Waals surface area contributed by atoms with E-state index in [4.69, 9.17) is 27.9 Å². The zero-order valence-electron chi connectivity index (χ0n) is 9.59. The van der Waals surface area contributed by atoms with E-state index in [0.29, 0.717) is 23.3 Å². The third-order valence-corrected chi connectivity index (χ3v) is 3.02. The molecule has 0 amide bonds. The minimum absolute atomic E-state index is 0.166. The SMILES string of the molecule is CCNC(COCC)c1ccc(Cl)c(Cl)c1. The first-order valence-corrected chi connectivity index (χ1v) is 6.20. The molecule has 0 bridgehead atoms. The maximum absolute atomic E-state index is 5.99. The Labute approximate surface area is 107 Å². The first-order valence-electron chi connectivity index (χ1n) is 5.45. The Bertz CT molecular complexity index is 331. The van der Waals surface area contributed by atoms with Crippen LogP contribution in [0, 0.1) is 0 Å². The lowest BCUT2D eigenvalue weighted by molar-refractivity contribution is 0.123. The zero-order valence-corrected chi connectivity index (χ0v) is 11.1. The molecule has 2 nitrogen and oxygen atoms in total. The van der Waals surface area contributed by atoms with Gasteiger partial charge in [0.05, 0.1) is 22.7 Å². The molecule has 0 saturated carbocycles. The van der Waals surface area contributed by atoms with E-state index >= 15 is 0 Å². The molecule has 1 unspecified atom stereocenters.